The van der Waals surface area contributed by atoms with Crippen LogP contribution in [0.4, 0.5) is 0 Å². The largest absolute Gasteiger partial charge is 0.382 e. The Morgan fingerprint density at radius 1 is 0.556 bits per heavy atom. The van der Waals surface area contributed by atoms with E-state index >= 15 is 0 Å². The van der Waals surface area contributed by atoms with E-state index in [1.54, 1.807) is 7.11 Å². The predicted molar refractivity (Wildman–Crippen MR) is 76.1 cm³/mol. The van der Waals surface area contributed by atoms with E-state index in [1.807, 2.05) is 0 Å². The van der Waals surface area contributed by atoms with E-state index in [0.29, 0.717) is 6.61 Å². The van der Waals surface area contributed by atoms with Gasteiger partial charge < -0.3 is 14.2 Å². The molecule has 0 aromatic carbocycles. The fourth-order valence-electron chi connectivity index (χ4n) is 1.86. The molecule has 0 fully saturated rings. The van der Waals surface area contributed by atoms with Gasteiger partial charge in [0.05, 0.1) is 13.2 Å². The molecule has 0 unspecified atom stereocenters. The Hall–Kier alpha value is -0.120. The number of methoxy groups -OCH3 is 1. The molecular formula is C15H32O3. The van der Waals surface area contributed by atoms with Crippen LogP contribution in [0.1, 0.15) is 58.3 Å². The lowest BCUT2D eigenvalue weighted by Gasteiger charge is -2.04. The van der Waals surface area contributed by atoms with Gasteiger partial charge in [-0.2, -0.15) is 0 Å². The minimum atomic E-state index is 0.710. The molecule has 0 aliphatic heterocycles. The monoisotopic (exact) mass is 260 g/mol. The van der Waals surface area contributed by atoms with Gasteiger partial charge in [0, 0.05) is 26.9 Å². The lowest BCUT2D eigenvalue weighted by atomic mass is 10.1. The third kappa shape index (κ3) is 15.9. The van der Waals surface area contributed by atoms with Gasteiger partial charge in [-0.1, -0.05) is 38.5 Å². The number of hydrogen-bond donors (Lipinski definition) is 0. The second kappa shape index (κ2) is 16.9. The van der Waals surface area contributed by atoms with E-state index in [2.05, 4.69) is 6.92 Å². The zero-order chi connectivity index (χ0) is 13.3. The van der Waals surface area contributed by atoms with E-state index in [-0.39, 0.29) is 0 Å². The molecule has 0 aromatic heterocycles. The topological polar surface area (TPSA) is 27.7 Å². The van der Waals surface area contributed by atoms with Crippen LogP contribution in [0.2, 0.25) is 0 Å². The first-order valence-corrected chi connectivity index (χ1v) is 7.56. The van der Waals surface area contributed by atoms with E-state index in [1.165, 1.54) is 51.4 Å². The lowest BCUT2D eigenvalue weighted by Crippen LogP contribution is -2.02. The lowest BCUT2D eigenvalue weighted by molar-refractivity contribution is 0.0685. The molecular weight excluding hydrogens is 228 g/mol. The molecule has 0 atom stereocenters. The smallest absolute Gasteiger partial charge is 0.0700 e. The van der Waals surface area contributed by atoms with Gasteiger partial charge in [0.1, 0.15) is 0 Å². The summed E-state index contributed by atoms with van der Waals surface area (Å²) in [5, 5.41) is 0. The molecule has 0 aromatic rings. The molecule has 0 saturated carbocycles. The SMILES string of the molecule is CCOCCCCCCCCCCOCCOC. The minimum Gasteiger partial charge on any atom is -0.382 e. The molecule has 0 aliphatic carbocycles. The van der Waals surface area contributed by atoms with Crippen molar-refractivity contribution in [2.75, 3.05) is 40.1 Å². The Bertz CT molecular complexity index is 124. The van der Waals surface area contributed by atoms with Crippen molar-refractivity contribution < 1.29 is 14.2 Å². The minimum absolute atomic E-state index is 0.710. The van der Waals surface area contributed by atoms with Crippen LogP contribution >= 0.6 is 0 Å². The van der Waals surface area contributed by atoms with Gasteiger partial charge >= 0.3 is 0 Å². The Labute approximate surface area is 113 Å². The fourth-order valence-corrected chi connectivity index (χ4v) is 1.86. The summed E-state index contributed by atoms with van der Waals surface area (Å²) in [6.07, 6.45) is 10.5. The van der Waals surface area contributed by atoms with E-state index in [9.17, 15) is 0 Å². The highest BCUT2D eigenvalue weighted by Gasteiger charge is 1.93. The summed E-state index contributed by atoms with van der Waals surface area (Å²) < 4.78 is 15.6. The summed E-state index contributed by atoms with van der Waals surface area (Å²) >= 11 is 0. The maximum Gasteiger partial charge on any atom is 0.0700 e. The molecule has 110 valence electrons. The average molecular weight is 260 g/mol. The van der Waals surface area contributed by atoms with Crippen LogP contribution in [0.15, 0.2) is 0 Å². The van der Waals surface area contributed by atoms with Crippen molar-refractivity contribution in [1.82, 2.24) is 0 Å². The van der Waals surface area contributed by atoms with Crippen molar-refractivity contribution in [2.45, 2.75) is 58.3 Å². The zero-order valence-corrected chi connectivity index (χ0v) is 12.4. The van der Waals surface area contributed by atoms with Crippen molar-refractivity contribution in [3.8, 4) is 0 Å². The van der Waals surface area contributed by atoms with Crippen molar-refractivity contribution in [3.63, 3.8) is 0 Å². The second-order valence-corrected chi connectivity index (χ2v) is 4.63. The molecule has 0 spiro atoms. The maximum absolute atomic E-state index is 5.42. The maximum atomic E-state index is 5.42. The quantitative estimate of drug-likeness (QED) is 0.419. The summed E-state index contributed by atoms with van der Waals surface area (Å²) in [4.78, 5) is 0. The zero-order valence-electron chi connectivity index (χ0n) is 12.4. The molecule has 3 nitrogen and oxygen atoms in total. The van der Waals surface area contributed by atoms with Crippen LogP contribution in [0, 0.1) is 0 Å². The molecule has 0 N–H and O–H groups in total. The van der Waals surface area contributed by atoms with Gasteiger partial charge in [0.25, 0.3) is 0 Å². The highest BCUT2D eigenvalue weighted by atomic mass is 16.5. The number of rotatable bonds is 15. The van der Waals surface area contributed by atoms with E-state index in [4.69, 9.17) is 14.2 Å². The first-order valence-electron chi connectivity index (χ1n) is 7.56. The van der Waals surface area contributed by atoms with E-state index < -0.39 is 0 Å². The molecule has 0 rings (SSSR count). The van der Waals surface area contributed by atoms with Crippen LogP contribution < -0.4 is 0 Å². The highest BCUT2D eigenvalue weighted by molar-refractivity contribution is 4.47. The van der Waals surface area contributed by atoms with Crippen LogP contribution in [-0.2, 0) is 14.2 Å². The predicted octanol–water partition coefficient (Wildman–Crippen LogP) is 3.81. The molecule has 18 heavy (non-hydrogen) atoms. The van der Waals surface area contributed by atoms with Crippen molar-refractivity contribution in [1.29, 1.82) is 0 Å². The number of ether oxygens (including phenoxy) is 3. The van der Waals surface area contributed by atoms with Crippen LogP contribution in [0.5, 0.6) is 0 Å². The summed E-state index contributed by atoms with van der Waals surface area (Å²) in [6, 6.07) is 0. The van der Waals surface area contributed by atoms with Crippen molar-refractivity contribution in [2.24, 2.45) is 0 Å². The fraction of sp³-hybridized carbons (Fsp3) is 1.00. The summed E-state index contributed by atoms with van der Waals surface area (Å²) in [5.41, 5.74) is 0. The van der Waals surface area contributed by atoms with Gasteiger partial charge in [0.2, 0.25) is 0 Å². The van der Waals surface area contributed by atoms with Crippen molar-refractivity contribution in [3.05, 3.63) is 0 Å². The average Bonchev–Trinajstić information content (AvgIpc) is 2.39. The van der Waals surface area contributed by atoms with Crippen molar-refractivity contribution >= 4 is 0 Å². The third-order valence-corrected chi connectivity index (χ3v) is 2.96. The van der Waals surface area contributed by atoms with Crippen LogP contribution in [-0.4, -0.2) is 40.1 Å². The van der Waals surface area contributed by atoms with Gasteiger partial charge in [-0.25, -0.2) is 0 Å². The molecule has 0 amide bonds. The van der Waals surface area contributed by atoms with Crippen LogP contribution in [0.3, 0.4) is 0 Å². The summed E-state index contributed by atoms with van der Waals surface area (Å²) in [7, 11) is 1.71. The third-order valence-electron chi connectivity index (χ3n) is 2.96. The number of hydrogen-bond acceptors (Lipinski definition) is 3. The normalized spacial score (nSPS) is 11.0. The summed E-state index contributed by atoms with van der Waals surface area (Å²) in [5.74, 6) is 0. The van der Waals surface area contributed by atoms with Crippen LogP contribution in [0.25, 0.3) is 0 Å². The Kier molecular flexibility index (Phi) is 16.8. The molecule has 0 saturated heterocycles. The van der Waals surface area contributed by atoms with E-state index in [0.717, 1.165) is 26.4 Å². The molecule has 0 heterocycles. The van der Waals surface area contributed by atoms with Gasteiger partial charge in [-0.15, -0.1) is 0 Å². The molecule has 0 aliphatic rings. The second-order valence-electron chi connectivity index (χ2n) is 4.63. The molecule has 0 radical (unpaired) electrons. The Morgan fingerprint density at radius 2 is 1.06 bits per heavy atom. The number of unbranched alkanes of at least 4 members (excludes halogenated alkanes) is 7. The molecule has 0 bridgehead atoms. The first kappa shape index (κ1) is 17.9. The Balaban J connectivity index is 2.86. The highest BCUT2D eigenvalue weighted by Crippen LogP contribution is 2.08. The molecule has 3 heteroatoms. The summed E-state index contributed by atoms with van der Waals surface area (Å²) in [6.45, 7) is 6.18. The standard InChI is InChI=1S/C15H32O3/c1-3-17-12-10-8-6-4-5-7-9-11-13-18-15-14-16-2/h3-15H2,1-2H3. The van der Waals surface area contributed by atoms with Gasteiger partial charge in [0.15, 0.2) is 0 Å². The van der Waals surface area contributed by atoms with Gasteiger partial charge in [-0.05, 0) is 19.8 Å². The first-order chi connectivity index (χ1) is 8.91. The Morgan fingerprint density at radius 3 is 1.56 bits per heavy atom. The van der Waals surface area contributed by atoms with Gasteiger partial charge in [-0.3, -0.25) is 0 Å².